The average molecular weight is 387 g/mol. The maximum atomic E-state index is 12.8. The van der Waals surface area contributed by atoms with Crippen molar-refractivity contribution in [2.24, 2.45) is 4.99 Å². The van der Waals surface area contributed by atoms with Gasteiger partial charge in [-0.2, -0.15) is 0 Å². The first-order valence-electron chi connectivity index (χ1n) is 9.65. The van der Waals surface area contributed by atoms with Gasteiger partial charge >= 0.3 is 0 Å². The first-order chi connectivity index (χ1) is 14.2. The van der Waals surface area contributed by atoms with E-state index in [4.69, 9.17) is 9.41 Å². The minimum absolute atomic E-state index is 0.104. The van der Waals surface area contributed by atoms with Crippen LogP contribution in [-0.4, -0.2) is 40.3 Å². The van der Waals surface area contributed by atoms with Gasteiger partial charge in [0.2, 0.25) is 0 Å². The maximum Gasteiger partial charge on any atom is 0.289 e. The van der Waals surface area contributed by atoms with Gasteiger partial charge in [0.05, 0.1) is 25.0 Å². The van der Waals surface area contributed by atoms with Crippen molar-refractivity contribution in [3.8, 4) is 0 Å². The molecule has 2 aliphatic rings. The summed E-state index contributed by atoms with van der Waals surface area (Å²) < 4.78 is 5.30. The molecule has 3 aromatic rings. The molecular weight excluding hydrogens is 366 g/mol. The summed E-state index contributed by atoms with van der Waals surface area (Å²) in [4.78, 5) is 23.9. The molecule has 29 heavy (non-hydrogen) atoms. The lowest BCUT2D eigenvalue weighted by molar-refractivity contribution is 0.0757. The highest BCUT2D eigenvalue weighted by Crippen LogP contribution is 2.36. The Morgan fingerprint density at radius 3 is 2.90 bits per heavy atom. The third-order valence-corrected chi connectivity index (χ3v) is 5.42. The van der Waals surface area contributed by atoms with Crippen molar-refractivity contribution < 1.29 is 9.21 Å². The number of nitrogens with one attached hydrogen (secondary N) is 2. The van der Waals surface area contributed by atoms with Crippen LogP contribution in [0.4, 0.5) is 11.5 Å². The van der Waals surface area contributed by atoms with Crippen molar-refractivity contribution in [3.63, 3.8) is 0 Å². The summed E-state index contributed by atoms with van der Waals surface area (Å²) in [5, 5.41) is 7.02. The van der Waals surface area contributed by atoms with Gasteiger partial charge in [0.25, 0.3) is 5.91 Å². The number of fused-ring (bicyclic) bond motifs is 1. The van der Waals surface area contributed by atoms with Crippen molar-refractivity contribution in [3.05, 3.63) is 78.4 Å². The van der Waals surface area contributed by atoms with E-state index in [0.29, 0.717) is 25.4 Å². The zero-order chi connectivity index (χ0) is 19.7. The average Bonchev–Trinajstić information content (AvgIpc) is 3.44. The van der Waals surface area contributed by atoms with Crippen LogP contribution in [-0.2, 0) is 6.54 Å². The van der Waals surface area contributed by atoms with Gasteiger partial charge in [0.1, 0.15) is 11.4 Å². The van der Waals surface area contributed by atoms with E-state index in [1.54, 1.807) is 18.3 Å². The number of likely N-dealkylation sites (tertiary alicyclic amines) is 1. The first kappa shape index (κ1) is 17.5. The molecule has 1 saturated heterocycles. The Morgan fingerprint density at radius 1 is 1.17 bits per heavy atom. The Morgan fingerprint density at radius 2 is 2.07 bits per heavy atom. The van der Waals surface area contributed by atoms with Gasteiger partial charge in [-0.3, -0.25) is 9.79 Å². The molecule has 1 amide bonds. The summed E-state index contributed by atoms with van der Waals surface area (Å²) in [6.45, 7) is 1.68. The SMILES string of the molecule is O=C(c1ccco1)N1CCC2(C1)Nc1cccnc1NC2=NCc1ccccc1. The second-order valence-electron chi connectivity index (χ2n) is 7.34. The fourth-order valence-corrected chi connectivity index (χ4v) is 3.93. The van der Waals surface area contributed by atoms with Gasteiger partial charge in [0.15, 0.2) is 11.6 Å². The molecule has 1 atom stereocenters. The molecule has 7 heteroatoms. The Kier molecular flexibility index (Phi) is 4.27. The number of benzene rings is 1. The predicted octanol–water partition coefficient (Wildman–Crippen LogP) is 3.40. The first-order valence-corrected chi connectivity index (χ1v) is 9.65. The van der Waals surface area contributed by atoms with Crippen molar-refractivity contribution >= 4 is 23.2 Å². The molecule has 1 unspecified atom stereocenters. The molecule has 2 aliphatic heterocycles. The van der Waals surface area contributed by atoms with Gasteiger partial charge in [-0.15, -0.1) is 0 Å². The van der Waals surface area contributed by atoms with Crippen LogP contribution in [0.15, 0.2) is 76.5 Å². The van der Waals surface area contributed by atoms with E-state index in [1.807, 2.05) is 35.2 Å². The van der Waals surface area contributed by atoms with E-state index in [9.17, 15) is 4.79 Å². The van der Waals surface area contributed by atoms with Crippen LogP contribution in [0.3, 0.4) is 0 Å². The molecule has 2 N–H and O–H groups in total. The lowest BCUT2D eigenvalue weighted by Crippen LogP contribution is -2.55. The molecule has 0 aliphatic carbocycles. The second kappa shape index (κ2) is 7.09. The van der Waals surface area contributed by atoms with Gasteiger partial charge in [-0.1, -0.05) is 30.3 Å². The Balaban J connectivity index is 1.46. The molecule has 1 fully saturated rings. The van der Waals surface area contributed by atoms with Crippen molar-refractivity contribution in [1.82, 2.24) is 9.88 Å². The van der Waals surface area contributed by atoms with Crippen molar-refractivity contribution in [1.29, 1.82) is 0 Å². The number of aromatic nitrogens is 1. The second-order valence-corrected chi connectivity index (χ2v) is 7.34. The molecule has 2 aromatic heterocycles. The predicted molar refractivity (Wildman–Crippen MR) is 111 cm³/mol. The fraction of sp³-hybridized carbons (Fsp3) is 0.227. The van der Waals surface area contributed by atoms with Crippen LogP contribution in [0, 0.1) is 0 Å². The topological polar surface area (TPSA) is 82.8 Å². The zero-order valence-electron chi connectivity index (χ0n) is 15.8. The van der Waals surface area contributed by atoms with E-state index >= 15 is 0 Å². The van der Waals surface area contributed by atoms with Gasteiger partial charge in [-0.25, -0.2) is 4.98 Å². The highest BCUT2D eigenvalue weighted by Gasteiger charge is 2.47. The molecule has 146 valence electrons. The third-order valence-electron chi connectivity index (χ3n) is 5.42. The van der Waals surface area contributed by atoms with Crippen molar-refractivity contribution in [2.75, 3.05) is 23.7 Å². The number of aliphatic imine (C=N–C) groups is 1. The third kappa shape index (κ3) is 3.24. The largest absolute Gasteiger partial charge is 0.459 e. The van der Waals surface area contributed by atoms with Gasteiger partial charge in [0, 0.05) is 12.7 Å². The summed E-state index contributed by atoms with van der Waals surface area (Å²) in [6.07, 6.45) is 4.02. The lowest BCUT2D eigenvalue weighted by Gasteiger charge is -2.38. The summed E-state index contributed by atoms with van der Waals surface area (Å²) in [7, 11) is 0. The quantitative estimate of drug-likeness (QED) is 0.720. The molecule has 7 nitrogen and oxygen atoms in total. The van der Waals surface area contributed by atoms with Crippen LogP contribution >= 0.6 is 0 Å². The fourth-order valence-electron chi connectivity index (χ4n) is 3.93. The molecule has 0 bridgehead atoms. The molecule has 0 radical (unpaired) electrons. The number of hydrogen-bond acceptors (Lipinski definition) is 5. The molecule has 1 aromatic carbocycles. The summed E-state index contributed by atoms with van der Waals surface area (Å²) in [6, 6.07) is 17.4. The standard InChI is InChI=1S/C22H21N5O2/c28-20(18-9-5-13-29-18)27-12-10-22(15-27)21(24-14-16-6-2-1-3-7-16)25-19-17(26-22)8-4-11-23-19/h1-9,11,13,26H,10,12,14-15H2,(H,23,24,25). The molecule has 0 saturated carbocycles. The molecule has 1 spiro atoms. The van der Waals surface area contributed by atoms with Gasteiger partial charge < -0.3 is 20.0 Å². The van der Waals surface area contributed by atoms with Crippen LogP contribution in [0.25, 0.3) is 0 Å². The van der Waals surface area contributed by atoms with E-state index in [2.05, 4.69) is 27.8 Å². The summed E-state index contributed by atoms with van der Waals surface area (Å²) >= 11 is 0. The number of hydrogen-bond donors (Lipinski definition) is 2. The number of anilines is 2. The van der Waals surface area contributed by atoms with Crippen LogP contribution in [0.5, 0.6) is 0 Å². The maximum absolute atomic E-state index is 12.8. The van der Waals surface area contributed by atoms with E-state index < -0.39 is 5.54 Å². The van der Waals surface area contributed by atoms with E-state index in [0.717, 1.165) is 29.3 Å². The Labute approximate surface area is 168 Å². The summed E-state index contributed by atoms with van der Waals surface area (Å²) in [5.41, 5.74) is 1.57. The van der Waals surface area contributed by atoms with Crippen molar-refractivity contribution in [2.45, 2.75) is 18.5 Å². The van der Waals surface area contributed by atoms with Gasteiger partial charge in [-0.05, 0) is 36.2 Å². The lowest BCUT2D eigenvalue weighted by atomic mass is 9.93. The monoisotopic (exact) mass is 387 g/mol. The van der Waals surface area contributed by atoms with Crippen LogP contribution in [0.2, 0.25) is 0 Å². The van der Waals surface area contributed by atoms with E-state index in [-0.39, 0.29) is 5.91 Å². The highest BCUT2D eigenvalue weighted by atomic mass is 16.3. The normalized spacial score (nSPS) is 21.7. The number of rotatable bonds is 3. The Bertz CT molecular complexity index is 1050. The number of carbonyl (C=O) groups excluding carboxylic acids is 1. The number of pyridine rings is 1. The van der Waals surface area contributed by atoms with Crippen LogP contribution < -0.4 is 10.6 Å². The number of furan rings is 1. The number of amides is 1. The molecular formula is C22H21N5O2. The smallest absolute Gasteiger partial charge is 0.289 e. The highest BCUT2D eigenvalue weighted by molar-refractivity contribution is 6.09. The summed E-state index contributed by atoms with van der Waals surface area (Å²) in [5.74, 6) is 1.81. The number of amidine groups is 1. The molecule has 4 heterocycles. The number of nitrogens with zero attached hydrogens (tertiary/aromatic N) is 3. The zero-order valence-corrected chi connectivity index (χ0v) is 15.8. The Hall–Kier alpha value is -3.61. The minimum Gasteiger partial charge on any atom is -0.459 e. The number of carbonyl (C=O) groups is 1. The van der Waals surface area contributed by atoms with E-state index in [1.165, 1.54) is 6.26 Å². The molecule has 5 rings (SSSR count). The minimum atomic E-state index is -0.479. The van der Waals surface area contributed by atoms with Crippen LogP contribution in [0.1, 0.15) is 22.5 Å².